The first-order valence-electron chi connectivity index (χ1n) is 23.7. The highest BCUT2D eigenvalue weighted by Crippen LogP contribution is 2.17. The quantitative estimate of drug-likeness (QED) is 0.0549. The van der Waals surface area contributed by atoms with E-state index in [0.717, 1.165) is 25.7 Å². The van der Waals surface area contributed by atoms with Crippen molar-refractivity contribution in [3.8, 4) is 0 Å². The number of aliphatic hydroxyl groups is 2. The summed E-state index contributed by atoms with van der Waals surface area (Å²) in [5.74, 6) is -0.0261. The van der Waals surface area contributed by atoms with Crippen LogP contribution in [0.1, 0.15) is 277 Å². The van der Waals surface area contributed by atoms with Gasteiger partial charge in [-0.05, 0) is 12.8 Å². The molecule has 0 aromatic heterocycles. The summed E-state index contributed by atoms with van der Waals surface area (Å²) in [6, 6.07) is -0.529. The molecule has 3 N–H and O–H groups in total. The molecule has 4 heteroatoms. The lowest BCUT2D eigenvalue weighted by molar-refractivity contribution is -0.123. The molecule has 0 saturated heterocycles. The molecule has 0 aromatic rings. The largest absolute Gasteiger partial charge is 0.394 e. The van der Waals surface area contributed by atoms with Gasteiger partial charge in [-0.25, -0.2) is 0 Å². The van der Waals surface area contributed by atoms with Gasteiger partial charge in [0.1, 0.15) is 0 Å². The summed E-state index contributed by atoms with van der Waals surface area (Å²) in [6.07, 6.45) is 53.4. The zero-order valence-electron chi connectivity index (χ0n) is 35.2. The average molecular weight is 722 g/mol. The van der Waals surface area contributed by atoms with Gasteiger partial charge in [0.25, 0.3) is 0 Å². The second kappa shape index (κ2) is 43.8. The Morgan fingerprint density at radius 1 is 0.392 bits per heavy atom. The highest BCUT2D eigenvalue weighted by molar-refractivity contribution is 5.76. The van der Waals surface area contributed by atoms with Crippen molar-refractivity contribution in [3.63, 3.8) is 0 Å². The van der Waals surface area contributed by atoms with E-state index in [2.05, 4.69) is 19.2 Å². The number of carbonyl (C=O) groups is 1. The monoisotopic (exact) mass is 722 g/mol. The van der Waals surface area contributed by atoms with Crippen LogP contribution in [-0.4, -0.2) is 34.9 Å². The second-order valence-corrected chi connectivity index (χ2v) is 16.5. The van der Waals surface area contributed by atoms with E-state index in [1.54, 1.807) is 0 Å². The molecular weight excluding hydrogens is 627 g/mol. The van der Waals surface area contributed by atoms with E-state index in [-0.39, 0.29) is 12.5 Å². The minimum Gasteiger partial charge on any atom is -0.394 e. The van der Waals surface area contributed by atoms with E-state index in [1.165, 1.54) is 225 Å². The van der Waals surface area contributed by atoms with Gasteiger partial charge >= 0.3 is 0 Å². The van der Waals surface area contributed by atoms with Gasteiger partial charge in [-0.15, -0.1) is 0 Å². The third-order valence-corrected chi connectivity index (χ3v) is 11.4. The van der Waals surface area contributed by atoms with Crippen LogP contribution in [-0.2, 0) is 4.79 Å². The minimum absolute atomic E-state index is 0.0261. The maximum Gasteiger partial charge on any atom is 0.220 e. The average Bonchev–Trinajstić information content (AvgIpc) is 3.13. The van der Waals surface area contributed by atoms with E-state index >= 15 is 0 Å². The molecule has 0 aromatic carbocycles. The lowest BCUT2D eigenvalue weighted by atomic mass is 10.0. The van der Waals surface area contributed by atoms with E-state index in [9.17, 15) is 15.0 Å². The fraction of sp³-hybridized carbons (Fsp3) is 0.979. The Kier molecular flexibility index (Phi) is 43.3. The SMILES string of the molecule is CCCCCCCCCCCCCCCCCCCCCCCCCCCC(O)C(CO)NC(=O)CCCCCCCCCCCCCCCC. The van der Waals surface area contributed by atoms with Crippen molar-refractivity contribution < 1.29 is 15.0 Å². The van der Waals surface area contributed by atoms with E-state index in [1.807, 2.05) is 0 Å². The van der Waals surface area contributed by atoms with Crippen molar-refractivity contribution in [3.05, 3.63) is 0 Å². The molecule has 0 radical (unpaired) electrons. The highest BCUT2D eigenvalue weighted by Gasteiger charge is 2.20. The third kappa shape index (κ3) is 40.4. The van der Waals surface area contributed by atoms with Crippen molar-refractivity contribution in [1.82, 2.24) is 5.32 Å². The summed E-state index contributed by atoms with van der Waals surface area (Å²) in [6.45, 7) is 4.38. The summed E-state index contributed by atoms with van der Waals surface area (Å²) in [5, 5.41) is 23.2. The molecule has 306 valence electrons. The van der Waals surface area contributed by atoms with Gasteiger partial charge in [-0.3, -0.25) is 4.79 Å². The number of amides is 1. The van der Waals surface area contributed by atoms with Crippen LogP contribution in [0.15, 0.2) is 0 Å². The summed E-state index contributed by atoms with van der Waals surface area (Å²) >= 11 is 0. The molecule has 0 aliphatic heterocycles. The summed E-state index contributed by atoms with van der Waals surface area (Å²) in [4.78, 5) is 12.4. The van der Waals surface area contributed by atoms with Crippen molar-refractivity contribution >= 4 is 5.91 Å². The first kappa shape index (κ1) is 50.4. The number of nitrogens with one attached hydrogen (secondary N) is 1. The zero-order valence-corrected chi connectivity index (χ0v) is 35.2. The van der Waals surface area contributed by atoms with Gasteiger partial charge in [0.05, 0.1) is 18.8 Å². The van der Waals surface area contributed by atoms with Gasteiger partial charge in [-0.1, -0.05) is 258 Å². The van der Waals surface area contributed by atoms with E-state index < -0.39 is 12.1 Å². The maximum absolute atomic E-state index is 12.4. The number of hydrogen-bond acceptors (Lipinski definition) is 3. The predicted molar refractivity (Wildman–Crippen MR) is 226 cm³/mol. The lowest BCUT2D eigenvalue weighted by Gasteiger charge is -2.22. The first-order chi connectivity index (χ1) is 25.2. The molecule has 2 atom stereocenters. The Labute approximate surface area is 321 Å². The summed E-state index contributed by atoms with van der Waals surface area (Å²) in [5.41, 5.74) is 0. The molecule has 0 aliphatic rings. The first-order valence-corrected chi connectivity index (χ1v) is 23.7. The zero-order chi connectivity index (χ0) is 37.1. The van der Waals surface area contributed by atoms with Gasteiger partial charge in [-0.2, -0.15) is 0 Å². The Hall–Kier alpha value is -0.610. The predicted octanol–water partition coefficient (Wildman–Crippen LogP) is 14.9. The lowest BCUT2D eigenvalue weighted by Crippen LogP contribution is -2.45. The third-order valence-electron chi connectivity index (χ3n) is 11.4. The van der Waals surface area contributed by atoms with Crippen LogP contribution in [0.25, 0.3) is 0 Å². The molecule has 0 fully saturated rings. The normalized spacial score (nSPS) is 12.8. The second-order valence-electron chi connectivity index (χ2n) is 16.5. The van der Waals surface area contributed by atoms with Crippen molar-refractivity contribution in [1.29, 1.82) is 0 Å². The molecular formula is C47H95NO3. The van der Waals surface area contributed by atoms with Crippen LogP contribution in [0.3, 0.4) is 0 Å². The van der Waals surface area contributed by atoms with Crippen molar-refractivity contribution in [2.24, 2.45) is 0 Å². The smallest absolute Gasteiger partial charge is 0.220 e. The molecule has 0 heterocycles. The number of hydrogen-bond donors (Lipinski definition) is 3. The van der Waals surface area contributed by atoms with Gasteiger partial charge in [0.15, 0.2) is 0 Å². The van der Waals surface area contributed by atoms with Crippen LogP contribution in [0, 0.1) is 0 Å². The van der Waals surface area contributed by atoms with E-state index in [0.29, 0.717) is 12.8 Å². The standard InChI is InChI=1S/C47H95NO3/c1-3-5-7-9-11-13-15-17-19-20-21-22-23-24-25-26-27-28-29-30-32-34-36-38-40-42-46(50)45(44-49)48-47(51)43-41-39-37-35-33-31-18-16-14-12-10-8-6-4-2/h45-46,49-50H,3-44H2,1-2H3,(H,48,51). The van der Waals surface area contributed by atoms with Crippen LogP contribution in [0.4, 0.5) is 0 Å². The Bertz CT molecular complexity index is 655. The van der Waals surface area contributed by atoms with Crippen LogP contribution in [0.2, 0.25) is 0 Å². The molecule has 2 unspecified atom stereocenters. The fourth-order valence-electron chi connectivity index (χ4n) is 7.72. The van der Waals surface area contributed by atoms with E-state index in [4.69, 9.17) is 0 Å². The Morgan fingerprint density at radius 3 is 0.882 bits per heavy atom. The maximum atomic E-state index is 12.4. The van der Waals surface area contributed by atoms with Crippen LogP contribution >= 0.6 is 0 Å². The number of aliphatic hydroxyl groups excluding tert-OH is 2. The van der Waals surface area contributed by atoms with Gasteiger partial charge in [0.2, 0.25) is 5.91 Å². The number of rotatable bonds is 44. The Balaban J connectivity index is 3.42. The molecule has 0 rings (SSSR count). The van der Waals surface area contributed by atoms with Crippen LogP contribution < -0.4 is 5.32 Å². The summed E-state index contributed by atoms with van der Waals surface area (Å²) < 4.78 is 0. The fourth-order valence-corrected chi connectivity index (χ4v) is 7.72. The van der Waals surface area contributed by atoms with Gasteiger partial charge in [0, 0.05) is 6.42 Å². The molecule has 0 bridgehead atoms. The van der Waals surface area contributed by atoms with Crippen LogP contribution in [0.5, 0.6) is 0 Å². The minimum atomic E-state index is -0.653. The molecule has 4 nitrogen and oxygen atoms in total. The molecule has 51 heavy (non-hydrogen) atoms. The number of unbranched alkanes of at least 4 members (excludes halogenated alkanes) is 37. The molecule has 0 saturated carbocycles. The van der Waals surface area contributed by atoms with Crippen molar-refractivity contribution in [2.45, 2.75) is 289 Å². The molecule has 0 aliphatic carbocycles. The summed E-state index contributed by atoms with van der Waals surface area (Å²) in [7, 11) is 0. The van der Waals surface area contributed by atoms with Gasteiger partial charge < -0.3 is 15.5 Å². The molecule has 1 amide bonds. The van der Waals surface area contributed by atoms with Crippen molar-refractivity contribution in [2.75, 3.05) is 6.61 Å². The molecule has 0 spiro atoms. The topological polar surface area (TPSA) is 69.6 Å². The highest BCUT2D eigenvalue weighted by atomic mass is 16.3. The Morgan fingerprint density at radius 2 is 0.627 bits per heavy atom. The number of carbonyl (C=O) groups excluding carboxylic acids is 1.